The first-order valence-corrected chi connectivity index (χ1v) is 10.4. The maximum atomic E-state index is 4.73. The van der Waals surface area contributed by atoms with E-state index >= 15 is 0 Å². The average Bonchev–Trinajstić information content (AvgIpc) is 3.37. The van der Waals surface area contributed by atoms with Crippen molar-refractivity contribution in [1.82, 2.24) is 29.1 Å². The number of aromatic nitrogens is 6. The van der Waals surface area contributed by atoms with Crippen molar-refractivity contribution >= 4 is 43.7 Å². The van der Waals surface area contributed by atoms with Gasteiger partial charge in [-0.05, 0) is 54.6 Å². The SMILES string of the molecule is c1cncc(-n2c3ccc(-n4c5ccncc5c5cnccc54)cc3c3ncccc32)c1. The molecule has 0 unspecified atom stereocenters. The van der Waals surface area contributed by atoms with Crippen LogP contribution >= 0.6 is 0 Å². The molecular formula is C26H16N6. The zero-order chi connectivity index (χ0) is 21.1. The number of rotatable bonds is 2. The maximum absolute atomic E-state index is 4.73. The molecule has 0 spiro atoms. The van der Waals surface area contributed by atoms with Crippen LogP contribution in [-0.2, 0) is 0 Å². The van der Waals surface area contributed by atoms with E-state index in [1.54, 1.807) is 6.20 Å². The van der Waals surface area contributed by atoms with Crippen molar-refractivity contribution < 1.29 is 0 Å². The van der Waals surface area contributed by atoms with Crippen LogP contribution in [0.3, 0.4) is 0 Å². The highest BCUT2D eigenvalue weighted by atomic mass is 15.0. The van der Waals surface area contributed by atoms with E-state index in [0.717, 1.165) is 55.1 Å². The molecule has 0 bridgehead atoms. The Morgan fingerprint density at radius 1 is 0.500 bits per heavy atom. The van der Waals surface area contributed by atoms with Gasteiger partial charge in [0.1, 0.15) is 0 Å². The molecule has 0 saturated carbocycles. The highest BCUT2D eigenvalue weighted by Gasteiger charge is 2.16. The standard InChI is InChI=1S/C26H16N6/c1-3-18(14-27-9-1)32-22-6-5-17(13-19(22)26-25(32)4-2-10-30-26)31-23-7-11-28-15-20(23)21-16-29-12-8-24(21)31/h1-16H. The van der Waals surface area contributed by atoms with Crippen LogP contribution in [-0.4, -0.2) is 29.1 Å². The molecule has 0 saturated heterocycles. The number of pyridine rings is 4. The van der Waals surface area contributed by atoms with Crippen LogP contribution in [0.15, 0.2) is 98.0 Å². The smallest absolute Gasteiger partial charge is 0.0964 e. The van der Waals surface area contributed by atoms with Crippen molar-refractivity contribution in [3.8, 4) is 11.4 Å². The molecule has 32 heavy (non-hydrogen) atoms. The summed E-state index contributed by atoms with van der Waals surface area (Å²) in [6, 6.07) is 18.8. The topological polar surface area (TPSA) is 61.4 Å². The Kier molecular flexibility index (Phi) is 3.46. The predicted molar refractivity (Wildman–Crippen MR) is 126 cm³/mol. The minimum atomic E-state index is 0.970. The Labute approximate surface area is 182 Å². The van der Waals surface area contributed by atoms with Crippen LogP contribution in [0.2, 0.25) is 0 Å². The summed E-state index contributed by atoms with van der Waals surface area (Å²) < 4.78 is 4.48. The van der Waals surface area contributed by atoms with Crippen molar-refractivity contribution in [2.45, 2.75) is 0 Å². The van der Waals surface area contributed by atoms with Crippen LogP contribution in [0, 0.1) is 0 Å². The normalized spacial score (nSPS) is 11.8. The lowest BCUT2D eigenvalue weighted by Gasteiger charge is -2.09. The largest absolute Gasteiger partial charge is 0.309 e. The third kappa shape index (κ3) is 2.29. The third-order valence-electron chi connectivity index (χ3n) is 6.03. The molecule has 0 atom stereocenters. The average molecular weight is 412 g/mol. The van der Waals surface area contributed by atoms with Gasteiger partial charge in [-0.15, -0.1) is 0 Å². The van der Waals surface area contributed by atoms with E-state index < -0.39 is 0 Å². The molecule has 0 N–H and O–H groups in total. The minimum absolute atomic E-state index is 0.970. The number of hydrogen-bond donors (Lipinski definition) is 0. The van der Waals surface area contributed by atoms with Crippen molar-refractivity contribution in [1.29, 1.82) is 0 Å². The Hall–Kier alpha value is -4.58. The van der Waals surface area contributed by atoms with E-state index in [2.05, 4.69) is 66.6 Å². The van der Waals surface area contributed by atoms with Gasteiger partial charge in [0.05, 0.1) is 39.5 Å². The van der Waals surface area contributed by atoms with Crippen LogP contribution in [0.4, 0.5) is 0 Å². The van der Waals surface area contributed by atoms with Gasteiger partial charge in [0.15, 0.2) is 0 Å². The molecule has 6 heteroatoms. The zero-order valence-corrected chi connectivity index (χ0v) is 16.9. The summed E-state index contributed by atoms with van der Waals surface area (Å²) in [5.41, 5.74) is 7.42. The Morgan fingerprint density at radius 2 is 1.19 bits per heavy atom. The molecule has 150 valence electrons. The Bertz CT molecular complexity index is 1730. The van der Waals surface area contributed by atoms with Gasteiger partial charge in [-0.3, -0.25) is 19.9 Å². The summed E-state index contributed by atoms with van der Waals surface area (Å²) in [5.74, 6) is 0. The van der Waals surface area contributed by atoms with E-state index in [1.807, 2.05) is 49.3 Å². The van der Waals surface area contributed by atoms with Crippen LogP contribution in [0.25, 0.3) is 55.1 Å². The summed E-state index contributed by atoms with van der Waals surface area (Å²) in [6.45, 7) is 0. The highest BCUT2D eigenvalue weighted by molar-refractivity contribution is 6.10. The van der Waals surface area contributed by atoms with Gasteiger partial charge in [0.2, 0.25) is 0 Å². The van der Waals surface area contributed by atoms with E-state index in [9.17, 15) is 0 Å². The second-order valence-electron chi connectivity index (χ2n) is 7.74. The molecule has 7 aromatic rings. The number of fused-ring (bicyclic) bond motifs is 6. The molecule has 6 nitrogen and oxygen atoms in total. The molecular weight excluding hydrogens is 396 g/mol. The highest BCUT2D eigenvalue weighted by Crippen LogP contribution is 2.35. The summed E-state index contributed by atoms with van der Waals surface area (Å²) in [6.07, 6.45) is 13.0. The van der Waals surface area contributed by atoms with E-state index in [4.69, 9.17) is 4.98 Å². The second-order valence-corrected chi connectivity index (χ2v) is 7.74. The van der Waals surface area contributed by atoms with Crippen LogP contribution in [0.1, 0.15) is 0 Å². The summed E-state index contributed by atoms with van der Waals surface area (Å²) >= 11 is 0. The van der Waals surface area contributed by atoms with E-state index in [-0.39, 0.29) is 0 Å². The molecule has 6 heterocycles. The van der Waals surface area contributed by atoms with E-state index in [0.29, 0.717) is 0 Å². The lowest BCUT2D eigenvalue weighted by atomic mass is 10.2. The van der Waals surface area contributed by atoms with Gasteiger partial charge < -0.3 is 9.13 Å². The Balaban J connectivity index is 1.59. The molecule has 7 rings (SSSR count). The number of nitrogens with zero attached hydrogens (tertiary/aromatic N) is 6. The molecule has 0 aliphatic rings. The number of hydrogen-bond acceptors (Lipinski definition) is 4. The second kappa shape index (κ2) is 6.46. The van der Waals surface area contributed by atoms with Gasteiger partial charge in [-0.25, -0.2) is 0 Å². The molecule has 0 aliphatic heterocycles. The first kappa shape index (κ1) is 17.1. The quantitative estimate of drug-likeness (QED) is 0.378. The van der Waals surface area contributed by atoms with E-state index in [1.165, 1.54) is 0 Å². The molecule has 1 aromatic carbocycles. The summed E-state index contributed by atoms with van der Waals surface area (Å²) in [5, 5.41) is 3.28. The van der Waals surface area contributed by atoms with Crippen molar-refractivity contribution in [2.75, 3.05) is 0 Å². The van der Waals surface area contributed by atoms with Gasteiger partial charge >= 0.3 is 0 Å². The maximum Gasteiger partial charge on any atom is 0.0964 e. The summed E-state index contributed by atoms with van der Waals surface area (Å²) in [4.78, 5) is 17.7. The first-order valence-electron chi connectivity index (χ1n) is 10.4. The first-order chi connectivity index (χ1) is 15.9. The van der Waals surface area contributed by atoms with Gasteiger partial charge in [-0.1, -0.05) is 0 Å². The molecule has 0 radical (unpaired) electrons. The Morgan fingerprint density at radius 3 is 1.94 bits per heavy atom. The lowest BCUT2D eigenvalue weighted by Crippen LogP contribution is -1.96. The molecule has 0 fully saturated rings. The minimum Gasteiger partial charge on any atom is -0.309 e. The number of benzene rings is 1. The fraction of sp³-hybridized carbons (Fsp3) is 0. The predicted octanol–water partition coefficient (Wildman–Crippen LogP) is 5.46. The van der Waals surface area contributed by atoms with Crippen LogP contribution in [0.5, 0.6) is 0 Å². The fourth-order valence-electron chi connectivity index (χ4n) is 4.71. The van der Waals surface area contributed by atoms with Crippen molar-refractivity contribution in [3.63, 3.8) is 0 Å². The fourth-order valence-corrected chi connectivity index (χ4v) is 4.71. The monoisotopic (exact) mass is 412 g/mol. The lowest BCUT2D eigenvalue weighted by molar-refractivity contribution is 1.13. The molecule has 0 amide bonds. The van der Waals surface area contributed by atoms with Gasteiger partial charge in [-0.2, -0.15) is 0 Å². The molecule has 0 aliphatic carbocycles. The molecule has 6 aromatic heterocycles. The third-order valence-corrected chi connectivity index (χ3v) is 6.03. The van der Waals surface area contributed by atoms with Gasteiger partial charge in [0, 0.05) is 59.0 Å². The van der Waals surface area contributed by atoms with Crippen molar-refractivity contribution in [2.24, 2.45) is 0 Å². The van der Waals surface area contributed by atoms with Gasteiger partial charge in [0.25, 0.3) is 0 Å². The van der Waals surface area contributed by atoms with Crippen LogP contribution < -0.4 is 0 Å². The summed E-state index contributed by atoms with van der Waals surface area (Å²) in [7, 11) is 0. The van der Waals surface area contributed by atoms with Crippen molar-refractivity contribution in [3.05, 3.63) is 98.0 Å². The zero-order valence-electron chi connectivity index (χ0n) is 16.9.